The molecule has 1 N–H and O–H groups in total. The first-order chi connectivity index (χ1) is 10.8. The highest BCUT2D eigenvalue weighted by Crippen LogP contribution is 2.22. The number of thiophene rings is 1. The van der Waals surface area contributed by atoms with Crippen LogP contribution in [0.4, 0.5) is 0 Å². The molecule has 0 saturated heterocycles. The van der Waals surface area contributed by atoms with Gasteiger partial charge in [-0.05, 0) is 44.0 Å². The maximum absolute atomic E-state index is 12.7. The van der Waals surface area contributed by atoms with E-state index in [1.165, 1.54) is 15.9 Å². The monoisotopic (exact) mass is 354 g/mol. The molecule has 0 aliphatic rings. The fourth-order valence-electron chi connectivity index (χ4n) is 2.22. The number of fused-ring (bicyclic) bond motifs is 1. The minimum Gasteiger partial charge on any atom is -0.464 e. The van der Waals surface area contributed by atoms with Crippen LogP contribution in [0.2, 0.25) is 0 Å². The molecule has 0 aromatic carbocycles. The molecule has 0 radical (unpaired) electrons. The van der Waals surface area contributed by atoms with Crippen molar-refractivity contribution in [2.45, 2.75) is 46.6 Å². The van der Waals surface area contributed by atoms with E-state index < -0.39 is 12.0 Å². The van der Waals surface area contributed by atoms with Crippen LogP contribution in [-0.4, -0.2) is 22.1 Å². The molecular formula is C16H22N2O3S2. The number of aryl methyl sites for hydroxylation is 1. The molecular weight excluding hydrogens is 332 g/mol. The third-order valence-corrected chi connectivity index (χ3v) is 5.18. The largest absolute Gasteiger partial charge is 0.464 e. The van der Waals surface area contributed by atoms with Gasteiger partial charge in [0.05, 0.1) is 12.0 Å². The zero-order chi connectivity index (χ0) is 17.1. The van der Waals surface area contributed by atoms with Crippen LogP contribution < -0.4 is 5.56 Å². The predicted octanol–water partition coefficient (Wildman–Crippen LogP) is 3.83. The Morgan fingerprint density at radius 1 is 1.43 bits per heavy atom. The molecule has 126 valence electrons. The fraction of sp³-hybridized carbons (Fsp3) is 0.562. The van der Waals surface area contributed by atoms with E-state index in [4.69, 9.17) is 17.0 Å². The number of aromatic amines is 1. The molecule has 0 saturated carbocycles. The fourth-order valence-corrected chi connectivity index (χ4v) is 3.62. The molecule has 0 fully saturated rings. The van der Waals surface area contributed by atoms with Gasteiger partial charge in [0, 0.05) is 4.88 Å². The lowest BCUT2D eigenvalue weighted by molar-refractivity contribution is -0.147. The molecule has 7 heteroatoms. The van der Waals surface area contributed by atoms with Gasteiger partial charge in [-0.15, -0.1) is 11.3 Å². The summed E-state index contributed by atoms with van der Waals surface area (Å²) in [5.74, 6) is 0.0239. The summed E-state index contributed by atoms with van der Waals surface area (Å²) in [5, 5.41) is 0.572. The van der Waals surface area contributed by atoms with Gasteiger partial charge >= 0.3 is 5.97 Å². The second-order valence-corrected chi connectivity index (χ2v) is 7.46. The van der Waals surface area contributed by atoms with Gasteiger partial charge in [-0.2, -0.15) is 0 Å². The van der Waals surface area contributed by atoms with Crippen molar-refractivity contribution in [3.8, 4) is 0 Å². The van der Waals surface area contributed by atoms with Crippen LogP contribution in [-0.2, 0) is 16.0 Å². The average Bonchev–Trinajstić information content (AvgIpc) is 2.89. The van der Waals surface area contributed by atoms with Crippen molar-refractivity contribution >= 4 is 39.7 Å². The third-order valence-electron chi connectivity index (χ3n) is 3.69. The highest BCUT2D eigenvalue weighted by atomic mass is 32.1. The van der Waals surface area contributed by atoms with Crippen molar-refractivity contribution < 1.29 is 9.53 Å². The Morgan fingerprint density at radius 2 is 2.13 bits per heavy atom. The van der Waals surface area contributed by atoms with Crippen molar-refractivity contribution in [3.05, 3.63) is 26.1 Å². The number of hydrogen-bond acceptors (Lipinski definition) is 5. The van der Waals surface area contributed by atoms with Crippen molar-refractivity contribution in [1.82, 2.24) is 9.55 Å². The number of nitrogens with zero attached hydrogens (tertiary/aromatic N) is 1. The maximum Gasteiger partial charge on any atom is 0.329 e. The minimum absolute atomic E-state index is 0.243. The summed E-state index contributed by atoms with van der Waals surface area (Å²) in [4.78, 5) is 29.8. The molecule has 0 bridgehead atoms. The van der Waals surface area contributed by atoms with Crippen LogP contribution in [0, 0.1) is 10.7 Å². The predicted molar refractivity (Wildman–Crippen MR) is 95.8 cm³/mol. The summed E-state index contributed by atoms with van der Waals surface area (Å²) in [6, 6.07) is 1.12. The van der Waals surface area contributed by atoms with Gasteiger partial charge in [0.15, 0.2) is 4.77 Å². The third kappa shape index (κ3) is 3.90. The summed E-state index contributed by atoms with van der Waals surface area (Å²) in [6.07, 6.45) is 1.65. The summed E-state index contributed by atoms with van der Waals surface area (Å²) in [6.45, 7) is 8.16. The number of carbonyl (C=O) groups excluding carboxylic acids is 1. The molecule has 5 nitrogen and oxygen atoms in total. The molecule has 2 rings (SSSR count). The second kappa shape index (κ2) is 7.40. The van der Waals surface area contributed by atoms with Gasteiger partial charge < -0.3 is 9.72 Å². The first-order valence-electron chi connectivity index (χ1n) is 7.79. The van der Waals surface area contributed by atoms with Crippen LogP contribution in [0.15, 0.2) is 10.9 Å². The van der Waals surface area contributed by atoms with Gasteiger partial charge in [-0.1, -0.05) is 20.8 Å². The molecule has 23 heavy (non-hydrogen) atoms. The topological polar surface area (TPSA) is 64.1 Å². The second-order valence-electron chi connectivity index (χ2n) is 5.94. The van der Waals surface area contributed by atoms with Crippen molar-refractivity contribution in [1.29, 1.82) is 0 Å². The van der Waals surface area contributed by atoms with Crippen LogP contribution in [0.5, 0.6) is 0 Å². The number of nitrogens with one attached hydrogen (secondary N) is 1. The molecule has 2 heterocycles. The van der Waals surface area contributed by atoms with Gasteiger partial charge in [0.1, 0.15) is 10.9 Å². The number of hydrogen-bond donors (Lipinski definition) is 1. The van der Waals surface area contributed by atoms with Gasteiger partial charge in [-0.25, -0.2) is 4.79 Å². The van der Waals surface area contributed by atoms with Gasteiger partial charge in [0.25, 0.3) is 5.56 Å². The van der Waals surface area contributed by atoms with E-state index in [1.54, 1.807) is 6.92 Å². The quantitative estimate of drug-likeness (QED) is 0.632. The normalized spacial score (nSPS) is 12.7. The zero-order valence-corrected chi connectivity index (χ0v) is 15.5. The summed E-state index contributed by atoms with van der Waals surface area (Å²) in [5.41, 5.74) is -0.243. The molecule has 2 aromatic heterocycles. The Bertz CT molecular complexity index is 817. The lowest BCUT2D eigenvalue weighted by Gasteiger charge is -2.15. The first kappa shape index (κ1) is 17.9. The number of aromatic nitrogens is 2. The van der Waals surface area contributed by atoms with E-state index in [0.29, 0.717) is 17.9 Å². The van der Waals surface area contributed by atoms with Gasteiger partial charge in [-0.3, -0.25) is 9.36 Å². The minimum atomic E-state index is -0.743. The number of H-pyrrole nitrogens is 1. The molecule has 0 aliphatic heterocycles. The maximum atomic E-state index is 12.7. The molecule has 0 spiro atoms. The van der Waals surface area contributed by atoms with Crippen LogP contribution in [0.1, 0.15) is 45.0 Å². The Kier molecular flexibility index (Phi) is 5.75. The molecule has 1 atom stereocenters. The van der Waals surface area contributed by atoms with Gasteiger partial charge in [0.2, 0.25) is 0 Å². The highest BCUT2D eigenvalue weighted by molar-refractivity contribution is 7.71. The van der Waals surface area contributed by atoms with E-state index >= 15 is 0 Å². The van der Waals surface area contributed by atoms with Crippen molar-refractivity contribution in [2.24, 2.45) is 5.92 Å². The lowest BCUT2D eigenvalue weighted by atomic mass is 10.1. The summed E-state index contributed by atoms with van der Waals surface area (Å²) in [7, 11) is 0. The van der Waals surface area contributed by atoms with Crippen LogP contribution >= 0.6 is 23.6 Å². The number of carbonyl (C=O) groups is 1. The molecule has 0 amide bonds. The SMILES string of the molecule is CCc1cc2c(=O)n(C(C)C(=O)OCCC(C)C)c(=S)[nH]c2s1. The standard InChI is InChI=1S/C16H22N2O3S2/c1-5-11-8-12-13(23-11)17-16(22)18(14(12)19)10(4)15(20)21-7-6-9(2)3/h8-10H,5-7H2,1-4H3,(H,17,22). The average molecular weight is 354 g/mol. The van der Waals surface area contributed by atoms with Crippen molar-refractivity contribution in [2.75, 3.05) is 6.61 Å². The number of ether oxygens (including phenoxy) is 1. The van der Waals surface area contributed by atoms with E-state index in [0.717, 1.165) is 22.5 Å². The Balaban J connectivity index is 2.33. The molecule has 1 unspecified atom stereocenters. The summed E-state index contributed by atoms with van der Waals surface area (Å²) >= 11 is 6.79. The van der Waals surface area contributed by atoms with Crippen LogP contribution in [0.3, 0.4) is 0 Å². The highest BCUT2D eigenvalue weighted by Gasteiger charge is 2.21. The number of rotatable bonds is 6. The Labute approximate surface area is 144 Å². The Morgan fingerprint density at radius 3 is 2.74 bits per heavy atom. The van der Waals surface area contributed by atoms with E-state index in [2.05, 4.69) is 18.8 Å². The van der Waals surface area contributed by atoms with Crippen LogP contribution in [0.25, 0.3) is 10.2 Å². The lowest BCUT2D eigenvalue weighted by Crippen LogP contribution is -2.30. The van der Waals surface area contributed by atoms with E-state index in [1.807, 2.05) is 13.0 Å². The van der Waals surface area contributed by atoms with E-state index in [-0.39, 0.29) is 10.3 Å². The smallest absolute Gasteiger partial charge is 0.329 e. The van der Waals surface area contributed by atoms with E-state index in [9.17, 15) is 9.59 Å². The first-order valence-corrected chi connectivity index (χ1v) is 9.01. The summed E-state index contributed by atoms with van der Waals surface area (Å²) < 4.78 is 6.82. The molecule has 0 aliphatic carbocycles. The van der Waals surface area contributed by atoms with Crippen molar-refractivity contribution in [3.63, 3.8) is 0 Å². The Hall–Kier alpha value is -1.47. The number of esters is 1. The zero-order valence-electron chi connectivity index (χ0n) is 13.8. The molecule has 2 aromatic rings.